The quantitative estimate of drug-likeness (QED) is 0.353. The second-order valence-corrected chi connectivity index (χ2v) is 3.84. The number of hydrogen-bond donors (Lipinski definition) is 3. The van der Waals surface area contributed by atoms with Crippen LogP contribution < -0.4 is 16.0 Å². The lowest BCUT2D eigenvalue weighted by Crippen LogP contribution is -2.49. The molecule has 15 heavy (non-hydrogen) atoms. The predicted octanol–water partition coefficient (Wildman–Crippen LogP) is 1.15. The molecule has 3 N–H and O–H groups in total. The van der Waals surface area contributed by atoms with E-state index in [0.717, 1.165) is 24.8 Å². The van der Waals surface area contributed by atoms with Gasteiger partial charge in [0, 0.05) is 13.6 Å². The maximum atomic E-state index is 4.15. The lowest BCUT2D eigenvalue weighted by Gasteiger charge is -2.23. The second kappa shape index (κ2) is 8.53. The maximum absolute atomic E-state index is 4.15. The van der Waals surface area contributed by atoms with Crippen LogP contribution in [-0.4, -0.2) is 32.8 Å². The number of hydrogen-bond acceptors (Lipinski definition) is 2. The number of nitrogens with one attached hydrogen (secondary N) is 3. The summed E-state index contributed by atoms with van der Waals surface area (Å²) in [6, 6.07) is 0. The van der Waals surface area contributed by atoms with E-state index in [4.69, 9.17) is 0 Å². The Morgan fingerprint density at radius 3 is 2.40 bits per heavy atom. The highest BCUT2D eigenvalue weighted by molar-refractivity contribution is 5.79. The predicted molar refractivity (Wildman–Crippen MR) is 67.1 cm³/mol. The Balaban J connectivity index is 4.06. The van der Waals surface area contributed by atoms with Crippen LogP contribution in [0.5, 0.6) is 0 Å². The van der Waals surface area contributed by atoms with Crippen molar-refractivity contribution < 1.29 is 0 Å². The Hall–Kier alpha value is -0.770. The first-order valence-corrected chi connectivity index (χ1v) is 5.82. The van der Waals surface area contributed by atoms with Gasteiger partial charge in [0.2, 0.25) is 0 Å². The summed E-state index contributed by atoms with van der Waals surface area (Å²) in [7, 11) is 3.76. The van der Waals surface area contributed by atoms with E-state index in [0.29, 0.717) is 0 Å². The zero-order chi connectivity index (χ0) is 11.7. The van der Waals surface area contributed by atoms with E-state index in [1.807, 2.05) is 7.05 Å². The van der Waals surface area contributed by atoms with Crippen LogP contribution in [0.15, 0.2) is 4.99 Å². The summed E-state index contributed by atoms with van der Waals surface area (Å²) in [5.41, 5.74) is 0. The molecule has 90 valence electrons. The molecule has 0 heterocycles. The molecule has 0 aliphatic carbocycles. The fourth-order valence-corrected chi connectivity index (χ4v) is 1.35. The third-order valence-electron chi connectivity index (χ3n) is 2.56. The molecule has 0 aromatic rings. The second-order valence-electron chi connectivity index (χ2n) is 3.84. The van der Waals surface area contributed by atoms with E-state index >= 15 is 0 Å². The van der Waals surface area contributed by atoms with Crippen molar-refractivity contribution in [1.82, 2.24) is 16.0 Å². The van der Waals surface area contributed by atoms with Gasteiger partial charge in [-0.3, -0.25) is 4.99 Å². The Labute approximate surface area is 93.9 Å². The van der Waals surface area contributed by atoms with Gasteiger partial charge in [-0.05, 0) is 26.3 Å². The molecule has 4 heteroatoms. The van der Waals surface area contributed by atoms with E-state index < -0.39 is 0 Å². The van der Waals surface area contributed by atoms with E-state index in [-0.39, 0.29) is 6.17 Å². The van der Waals surface area contributed by atoms with Gasteiger partial charge < -0.3 is 16.0 Å². The molecular weight excluding hydrogens is 188 g/mol. The average molecular weight is 214 g/mol. The SMILES string of the molecule is CCNC(=NC)NC(CC(C)CC)NC. The highest BCUT2D eigenvalue weighted by Gasteiger charge is 2.10. The molecule has 2 unspecified atom stereocenters. The molecule has 0 amide bonds. The normalized spacial score (nSPS) is 15.9. The monoisotopic (exact) mass is 214 g/mol. The zero-order valence-electron chi connectivity index (χ0n) is 10.7. The number of guanidine groups is 1. The molecular formula is C11H26N4. The van der Waals surface area contributed by atoms with Crippen molar-refractivity contribution in [2.24, 2.45) is 10.9 Å². The number of nitrogens with zero attached hydrogens (tertiary/aromatic N) is 1. The summed E-state index contributed by atoms with van der Waals surface area (Å²) in [6.07, 6.45) is 2.61. The van der Waals surface area contributed by atoms with Crippen molar-refractivity contribution in [3.05, 3.63) is 0 Å². The first kappa shape index (κ1) is 14.2. The molecule has 0 aromatic carbocycles. The largest absolute Gasteiger partial charge is 0.357 e. The number of rotatable bonds is 6. The van der Waals surface area contributed by atoms with Crippen LogP contribution in [0, 0.1) is 5.92 Å². The number of aliphatic imine (C=N–C) groups is 1. The Bertz CT molecular complexity index is 179. The minimum Gasteiger partial charge on any atom is -0.357 e. The van der Waals surface area contributed by atoms with Crippen LogP contribution in [0.4, 0.5) is 0 Å². The highest BCUT2D eigenvalue weighted by atomic mass is 15.2. The first-order chi connectivity index (χ1) is 7.17. The molecule has 0 saturated heterocycles. The van der Waals surface area contributed by atoms with Gasteiger partial charge in [-0.15, -0.1) is 0 Å². The van der Waals surface area contributed by atoms with Gasteiger partial charge in [0.1, 0.15) is 0 Å². The lowest BCUT2D eigenvalue weighted by atomic mass is 10.0. The van der Waals surface area contributed by atoms with E-state index in [2.05, 4.69) is 41.7 Å². The van der Waals surface area contributed by atoms with Gasteiger partial charge in [-0.25, -0.2) is 0 Å². The van der Waals surface area contributed by atoms with Crippen LogP contribution in [-0.2, 0) is 0 Å². The molecule has 0 spiro atoms. The Morgan fingerprint density at radius 2 is 2.00 bits per heavy atom. The topological polar surface area (TPSA) is 48.5 Å². The van der Waals surface area contributed by atoms with Crippen molar-refractivity contribution >= 4 is 5.96 Å². The van der Waals surface area contributed by atoms with E-state index in [9.17, 15) is 0 Å². The summed E-state index contributed by atoms with van der Waals surface area (Å²) < 4.78 is 0. The van der Waals surface area contributed by atoms with Crippen molar-refractivity contribution in [2.75, 3.05) is 20.6 Å². The van der Waals surface area contributed by atoms with Gasteiger partial charge in [-0.2, -0.15) is 0 Å². The van der Waals surface area contributed by atoms with Gasteiger partial charge >= 0.3 is 0 Å². The fourth-order valence-electron chi connectivity index (χ4n) is 1.35. The summed E-state index contributed by atoms with van der Waals surface area (Å²) in [6.45, 7) is 7.44. The molecule has 0 saturated carbocycles. The standard InChI is InChI=1S/C11H26N4/c1-6-9(3)8-10(12-4)15-11(13-5)14-7-2/h9-10,12H,6-8H2,1-5H3,(H2,13,14,15). The minimum atomic E-state index is 0.290. The highest BCUT2D eigenvalue weighted by Crippen LogP contribution is 2.07. The van der Waals surface area contributed by atoms with Crippen molar-refractivity contribution in [3.63, 3.8) is 0 Å². The van der Waals surface area contributed by atoms with Crippen LogP contribution in [0.1, 0.15) is 33.6 Å². The van der Waals surface area contributed by atoms with Gasteiger partial charge in [0.25, 0.3) is 0 Å². The van der Waals surface area contributed by atoms with Gasteiger partial charge in [-0.1, -0.05) is 20.3 Å². The Kier molecular flexibility index (Phi) is 8.09. The van der Waals surface area contributed by atoms with Gasteiger partial charge in [0.05, 0.1) is 6.17 Å². The summed E-state index contributed by atoms with van der Waals surface area (Å²) in [4.78, 5) is 4.15. The first-order valence-electron chi connectivity index (χ1n) is 5.82. The lowest BCUT2D eigenvalue weighted by molar-refractivity contribution is 0.392. The third kappa shape index (κ3) is 6.33. The molecule has 0 bridgehead atoms. The minimum absolute atomic E-state index is 0.290. The van der Waals surface area contributed by atoms with E-state index in [1.54, 1.807) is 7.05 Å². The Morgan fingerprint density at radius 1 is 1.33 bits per heavy atom. The average Bonchev–Trinajstić information content (AvgIpc) is 2.26. The van der Waals surface area contributed by atoms with Crippen LogP contribution in [0.2, 0.25) is 0 Å². The fraction of sp³-hybridized carbons (Fsp3) is 0.909. The van der Waals surface area contributed by atoms with Crippen LogP contribution >= 0.6 is 0 Å². The molecule has 2 atom stereocenters. The molecule has 0 fully saturated rings. The van der Waals surface area contributed by atoms with Crippen LogP contribution in [0.25, 0.3) is 0 Å². The van der Waals surface area contributed by atoms with Crippen molar-refractivity contribution in [3.8, 4) is 0 Å². The summed E-state index contributed by atoms with van der Waals surface area (Å²) in [5.74, 6) is 1.58. The summed E-state index contributed by atoms with van der Waals surface area (Å²) in [5, 5.41) is 9.79. The molecule has 4 nitrogen and oxygen atoms in total. The molecule has 0 rings (SSSR count). The van der Waals surface area contributed by atoms with Crippen molar-refractivity contribution in [2.45, 2.75) is 39.8 Å². The van der Waals surface area contributed by atoms with Crippen molar-refractivity contribution in [1.29, 1.82) is 0 Å². The molecule has 0 aromatic heterocycles. The smallest absolute Gasteiger partial charge is 0.192 e. The maximum Gasteiger partial charge on any atom is 0.192 e. The summed E-state index contributed by atoms with van der Waals surface area (Å²) >= 11 is 0. The third-order valence-corrected chi connectivity index (χ3v) is 2.56. The van der Waals surface area contributed by atoms with E-state index in [1.165, 1.54) is 6.42 Å². The zero-order valence-corrected chi connectivity index (χ0v) is 10.7. The molecule has 0 aliphatic heterocycles. The molecule has 0 aliphatic rings. The van der Waals surface area contributed by atoms with Crippen LogP contribution in [0.3, 0.4) is 0 Å². The molecule has 0 radical (unpaired) electrons. The van der Waals surface area contributed by atoms with Gasteiger partial charge in [0.15, 0.2) is 5.96 Å².